The van der Waals surface area contributed by atoms with E-state index in [0.717, 1.165) is 11.1 Å². The molecule has 6 N–H and O–H groups in total. The summed E-state index contributed by atoms with van der Waals surface area (Å²) in [5.74, 6) is -3.45. The van der Waals surface area contributed by atoms with Crippen molar-refractivity contribution in [1.29, 1.82) is 0 Å². The molecule has 1 aromatic carbocycles. The Morgan fingerprint density at radius 1 is 1.16 bits per heavy atom. The molecular weight excluding hydrogens is 406 g/mol. The number of rotatable bonds is 9. The van der Waals surface area contributed by atoms with Crippen LogP contribution in [0.15, 0.2) is 46.0 Å². The molecule has 0 fully saturated rings. The molecule has 11 nitrogen and oxygen atoms in total. The lowest BCUT2D eigenvalue weighted by atomic mass is 9.93. The normalized spacial score (nSPS) is 18.1. The van der Waals surface area contributed by atoms with Gasteiger partial charge in [-0.2, -0.15) is 4.99 Å². The number of aryl methyl sites for hydroxylation is 1. The molecule has 2 heterocycles. The molecule has 3 rings (SSSR count). The number of carbonyl (C=O) groups is 4. The third kappa shape index (κ3) is 5.32. The highest BCUT2D eigenvalue weighted by Gasteiger charge is 2.35. The van der Waals surface area contributed by atoms with Crippen LogP contribution in [0.4, 0.5) is 0 Å². The smallest absolute Gasteiger partial charge is 0.326 e. The van der Waals surface area contributed by atoms with Gasteiger partial charge in [-0.25, -0.2) is 9.79 Å². The second-order valence-electron chi connectivity index (χ2n) is 7.10. The molecule has 0 spiro atoms. The van der Waals surface area contributed by atoms with Crippen LogP contribution >= 0.6 is 0 Å². The maximum Gasteiger partial charge on any atom is 0.326 e. The van der Waals surface area contributed by atoms with Gasteiger partial charge in [0.05, 0.1) is 0 Å². The number of carbonyl (C=O) groups excluding carboxylic acids is 2. The summed E-state index contributed by atoms with van der Waals surface area (Å²) in [4.78, 5) is 54.5. The Bertz CT molecular complexity index is 1010. The first-order valence-electron chi connectivity index (χ1n) is 9.50. The van der Waals surface area contributed by atoms with Crippen molar-refractivity contribution in [3.8, 4) is 0 Å². The topological polar surface area (TPSA) is 184 Å². The van der Waals surface area contributed by atoms with Crippen molar-refractivity contribution in [3.05, 3.63) is 47.2 Å². The number of benzene rings is 1. The minimum absolute atomic E-state index is 0.0246. The second-order valence-corrected chi connectivity index (χ2v) is 7.10. The van der Waals surface area contributed by atoms with Crippen molar-refractivity contribution < 1.29 is 29.4 Å². The van der Waals surface area contributed by atoms with Crippen LogP contribution in [0.1, 0.15) is 35.2 Å². The van der Waals surface area contributed by atoms with Gasteiger partial charge in [0, 0.05) is 18.2 Å². The number of hydrogen-bond acceptors (Lipinski definition) is 7. The second kappa shape index (κ2) is 9.20. The van der Waals surface area contributed by atoms with Crippen molar-refractivity contribution in [2.75, 3.05) is 0 Å². The SMILES string of the molecule is NC1=NC2=NC=C(CCc3ccc(C(=O)NC(CCC(=O)O)C(=O)O)cc3)C2C(=O)N1. The van der Waals surface area contributed by atoms with Crippen molar-refractivity contribution in [2.45, 2.75) is 31.7 Å². The molecule has 162 valence electrons. The van der Waals surface area contributed by atoms with Crippen LogP contribution in [0.5, 0.6) is 0 Å². The van der Waals surface area contributed by atoms with Crippen LogP contribution in [-0.2, 0) is 20.8 Å². The number of nitrogens with one attached hydrogen (secondary N) is 2. The number of aliphatic imine (C=N–C) groups is 2. The molecule has 0 saturated carbocycles. The minimum Gasteiger partial charge on any atom is -0.481 e. The standard InChI is InChI=1S/C20H21N5O6/c21-20-24-16-15(18(29)25-20)12(9-22-16)6-3-10-1-4-11(5-2-10)17(28)23-13(19(30)31)7-8-14(26)27/h1-2,4-5,9,13,15H,3,6-8H2,(H,23,28)(H,26,27)(H,30,31)(H3,21,22,24,25,29). The minimum atomic E-state index is -1.30. The zero-order chi connectivity index (χ0) is 22.5. The van der Waals surface area contributed by atoms with Crippen LogP contribution in [0.3, 0.4) is 0 Å². The van der Waals surface area contributed by atoms with E-state index in [2.05, 4.69) is 20.6 Å². The average Bonchev–Trinajstić information content (AvgIpc) is 3.12. The Hall–Kier alpha value is -4.02. The fraction of sp³-hybridized carbons (Fsp3) is 0.300. The Morgan fingerprint density at radius 3 is 2.52 bits per heavy atom. The van der Waals surface area contributed by atoms with Gasteiger partial charge in [0.1, 0.15) is 17.8 Å². The average molecular weight is 427 g/mol. The third-order valence-electron chi connectivity index (χ3n) is 4.91. The van der Waals surface area contributed by atoms with E-state index in [9.17, 15) is 19.2 Å². The molecule has 0 bridgehead atoms. The number of carboxylic acids is 2. The van der Waals surface area contributed by atoms with Gasteiger partial charge < -0.3 is 21.3 Å². The zero-order valence-corrected chi connectivity index (χ0v) is 16.4. The van der Waals surface area contributed by atoms with E-state index < -0.39 is 29.8 Å². The monoisotopic (exact) mass is 427 g/mol. The summed E-state index contributed by atoms with van der Waals surface area (Å²) in [5, 5.41) is 22.7. The summed E-state index contributed by atoms with van der Waals surface area (Å²) >= 11 is 0. The van der Waals surface area contributed by atoms with Gasteiger partial charge in [-0.1, -0.05) is 12.1 Å². The maximum absolute atomic E-state index is 12.3. The van der Waals surface area contributed by atoms with Gasteiger partial charge in [0.15, 0.2) is 0 Å². The first kappa shape index (κ1) is 21.7. The van der Waals surface area contributed by atoms with Crippen molar-refractivity contribution in [1.82, 2.24) is 10.6 Å². The van der Waals surface area contributed by atoms with E-state index in [1.165, 1.54) is 0 Å². The fourth-order valence-electron chi connectivity index (χ4n) is 3.28. The Morgan fingerprint density at radius 2 is 1.87 bits per heavy atom. The number of nitrogens with two attached hydrogens (primary N) is 1. The highest BCUT2D eigenvalue weighted by Crippen LogP contribution is 2.27. The predicted molar refractivity (Wildman–Crippen MR) is 109 cm³/mol. The lowest BCUT2D eigenvalue weighted by Crippen LogP contribution is -2.47. The third-order valence-corrected chi connectivity index (χ3v) is 4.91. The number of aliphatic carboxylic acids is 2. The lowest BCUT2D eigenvalue weighted by molar-refractivity contribution is -0.140. The largest absolute Gasteiger partial charge is 0.481 e. The van der Waals surface area contributed by atoms with Crippen LogP contribution in [0.25, 0.3) is 0 Å². The van der Waals surface area contributed by atoms with E-state index in [0.29, 0.717) is 18.7 Å². The van der Waals surface area contributed by atoms with Gasteiger partial charge in [-0.3, -0.25) is 19.7 Å². The highest BCUT2D eigenvalue weighted by molar-refractivity contribution is 6.19. The molecule has 2 amide bonds. The molecule has 1 aromatic rings. The summed E-state index contributed by atoms with van der Waals surface area (Å²) < 4.78 is 0. The molecule has 2 unspecified atom stereocenters. The number of amidine groups is 1. The molecule has 0 aromatic heterocycles. The van der Waals surface area contributed by atoms with E-state index in [1.54, 1.807) is 30.5 Å². The van der Waals surface area contributed by atoms with Crippen LogP contribution in [-0.4, -0.2) is 51.8 Å². The predicted octanol–water partition coefficient (Wildman–Crippen LogP) is 0.0237. The van der Waals surface area contributed by atoms with Gasteiger partial charge >= 0.3 is 11.9 Å². The molecule has 0 aliphatic carbocycles. The van der Waals surface area contributed by atoms with Gasteiger partial charge in [-0.05, 0) is 42.5 Å². The maximum atomic E-state index is 12.3. The van der Waals surface area contributed by atoms with Crippen molar-refractivity contribution >= 4 is 35.5 Å². The molecule has 2 aliphatic heterocycles. The van der Waals surface area contributed by atoms with E-state index in [1.807, 2.05) is 0 Å². The summed E-state index contributed by atoms with van der Waals surface area (Å²) in [7, 11) is 0. The summed E-state index contributed by atoms with van der Waals surface area (Å²) in [6.07, 6.45) is 2.19. The molecule has 2 aliphatic rings. The van der Waals surface area contributed by atoms with Crippen LogP contribution < -0.4 is 16.4 Å². The number of guanidine groups is 1. The molecule has 0 radical (unpaired) electrons. The number of amides is 2. The fourth-order valence-corrected chi connectivity index (χ4v) is 3.28. The van der Waals surface area contributed by atoms with Crippen molar-refractivity contribution in [3.63, 3.8) is 0 Å². The Balaban J connectivity index is 1.56. The summed E-state index contributed by atoms with van der Waals surface area (Å²) in [6.45, 7) is 0. The van der Waals surface area contributed by atoms with Crippen LogP contribution in [0.2, 0.25) is 0 Å². The number of nitrogens with zero attached hydrogens (tertiary/aromatic N) is 2. The molecule has 0 saturated heterocycles. The van der Waals surface area contributed by atoms with E-state index in [4.69, 9.17) is 15.9 Å². The van der Waals surface area contributed by atoms with Crippen molar-refractivity contribution in [2.24, 2.45) is 21.6 Å². The Labute approximate surface area is 176 Å². The van der Waals surface area contributed by atoms with Gasteiger partial charge in [0.2, 0.25) is 11.9 Å². The number of fused-ring (bicyclic) bond motifs is 1. The van der Waals surface area contributed by atoms with E-state index in [-0.39, 0.29) is 30.3 Å². The molecule has 2 atom stereocenters. The molecule has 11 heteroatoms. The summed E-state index contributed by atoms with van der Waals surface area (Å²) in [5.41, 5.74) is 7.51. The van der Waals surface area contributed by atoms with E-state index >= 15 is 0 Å². The molecule has 31 heavy (non-hydrogen) atoms. The quantitative estimate of drug-likeness (QED) is 0.368. The molecular formula is C20H21N5O6. The van der Waals surface area contributed by atoms with Crippen LogP contribution in [0, 0.1) is 5.92 Å². The first-order valence-corrected chi connectivity index (χ1v) is 9.50. The number of hydrogen-bond donors (Lipinski definition) is 5. The first-order chi connectivity index (χ1) is 14.7. The lowest BCUT2D eigenvalue weighted by Gasteiger charge is -2.19. The summed E-state index contributed by atoms with van der Waals surface area (Å²) in [6, 6.07) is 5.30. The van der Waals surface area contributed by atoms with Gasteiger partial charge in [0.25, 0.3) is 5.91 Å². The zero-order valence-electron chi connectivity index (χ0n) is 16.4. The number of carboxylic acid groups (broad SMARTS) is 2. The van der Waals surface area contributed by atoms with Gasteiger partial charge in [-0.15, -0.1) is 0 Å². The highest BCUT2D eigenvalue weighted by atomic mass is 16.4. The Kier molecular flexibility index (Phi) is 6.43.